The average Bonchev–Trinajstić information content (AvgIpc) is 2.87. The molecule has 2 amide bonds. The van der Waals surface area contributed by atoms with E-state index in [0.717, 1.165) is 30.7 Å². The van der Waals surface area contributed by atoms with E-state index < -0.39 is 33.8 Å². The summed E-state index contributed by atoms with van der Waals surface area (Å²) < 4.78 is 42.0. The van der Waals surface area contributed by atoms with Crippen LogP contribution in [0.25, 0.3) is 0 Å². The number of benzene rings is 1. The van der Waals surface area contributed by atoms with Crippen LogP contribution in [0.2, 0.25) is 0 Å². The molecule has 13 heteroatoms. The van der Waals surface area contributed by atoms with Gasteiger partial charge < -0.3 is 24.0 Å². The predicted octanol–water partition coefficient (Wildman–Crippen LogP) is -1.05. The number of hydrogen-bond acceptors (Lipinski definition) is 9. The molecule has 0 saturated carbocycles. The maximum Gasteiger partial charge on any atom is 0.337 e. The largest absolute Gasteiger partial charge is 0.465 e. The SMILES string of the molecule is COC(=O)c1cc(C(=O)OC)cc(S(=O)(=O)N2CCN(C(=O)C(=O)N3CCOCC3)CC2)c1. The number of hydrogen-bond donors (Lipinski definition) is 0. The number of piperazine rings is 1. The van der Waals surface area contributed by atoms with Crippen molar-refractivity contribution in [3.63, 3.8) is 0 Å². The molecule has 0 atom stereocenters. The van der Waals surface area contributed by atoms with Gasteiger partial charge in [-0.1, -0.05) is 0 Å². The molecule has 0 aromatic heterocycles. The van der Waals surface area contributed by atoms with Gasteiger partial charge in [0.25, 0.3) is 0 Å². The normalized spacial score (nSPS) is 17.4. The fraction of sp³-hybridized carbons (Fsp3) is 0.500. The molecule has 0 bridgehead atoms. The molecule has 2 heterocycles. The molecule has 180 valence electrons. The lowest BCUT2D eigenvalue weighted by molar-refractivity contribution is -0.154. The molecule has 0 unspecified atom stereocenters. The van der Waals surface area contributed by atoms with E-state index in [9.17, 15) is 27.6 Å². The van der Waals surface area contributed by atoms with Crippen LogP contribution in [0.4, 0.5) is 0 Å². The number of esters is 2. The van der Waals surface area contributed by atoms with Crippen molar-refractivity contribution >= 4 is 33.8 Å². The first-order valence-electron chi connectivity index (χ1n) is 10.2. The van der Waals surface area contributed by atoms with Crippen molar-refractivity contribution in [2.45, 2.75) is 4.90 Å². The van der Waals surface area contributed by atoms with Gasteiger partial charge in [-0.3, -0.25) is 9.59 Å². The summed E-state index contributed by atoms with van der Waals surface area (Å²) in [5, 5.41) is 0. The van der Waals surface area contributed by atoms with Crippen LogP contribution in [0.1, 0.15) is 20.7 Å². The fourth-order valence-electron chi connectivity index (χ4n) is 3.54. The van der Waals surface area contributed by atoms with Gasteiger partial charge in [0.2, 0.25) is 10.0 Å². The Kier molecular flexibility index (Phi) is 7.66. The second-order valence-electron chi connectivity index (χ2n) is 7.33. The first-order chi connectivity index (χ1) is 15.7. The lowest BCUT2D eigenvalue weighted by Crippen LogP contribution is -2.55. The Morgan fingerprint density at radius 2 is 1.21 bits per heavy atom. The maximum atomic E-state index is 13.2. The van der Waals surface area contributed by atoms with Crippen molar-refractivity contribution in [1.29, 1.82) is 0 Å². The van der Waals surface area contributed by atoms with E-state index in [-0.39, 0.29) is 42.2 Å². The fourth-order valence-corrected chi connectivity index (χ4v) is 5.03. The number of amides is 2. The highest BCUT2D eigenvalue weighted by Crippen LogP contribution is 2.22. The number of sulfonamides is 1. The van der Waals surface area contributed by atoms with E-state index in [1.807, 2.05) is 0 Å². The topological polar surface area (TPSA) is 140 Å². The lowest BCUT2D eigenvalue weighted by atomic mass is 10.1. The summed E-state index contributed by atoms with van der Waals surface area (Å²) in [7, 11) is -1.84. The number of ether oxygens (including phenoxy) is 3. The molecule has 1 aromatic rings. The molecule has 3 rings (SSSR count). The summed E-state index contributed by atoms with van der Waals surface area (Å²) in [6.07, 6.45) is 0. The molecule has 2 saturated heterocycles. The van der Waals surface area contributed by atoms with Gasteiger partial charge in [0, 0.05) is 39.3 Å². The monoisotopic (exact) mass is 483 g/mol. The summed E-state index contributed by atoms with van der Waals surface area (Å²) in [5.41, 5.74) is -0.243. The van der Waals surface area contributed by atoms with Crippen LogP contribution < -0.4 is 0 Å². The van der Waals surface area contributed by atoms with Crippen molar-refractivity contribution in [3.05, 3.63) is 29.3 Å². The van der Waals surface area contributed by atoms with E-state index in [2.05, 4.69) is 9.47 Å². The molecular weight excluding hydrogens is 458 g/mol. The third kappa shape index (κ3) is 5.31. The highest BCUT2D eigenvalue weighted by atomic mass is 32.2. The molecule has 12 nitrogen and oxygen atoms in total. The molecule has 33 heavy (non-hydrogen) atoms. The molecule has 2 fully saturated rings. The number of rotatable bonds is 4. The summed E-state index contributed by atoms with van der Waals surface area (Å²) in [5.74, 6) is -2.94. The number of morpholine rings is 1. The van der Waals surface area contributed by atoms with Gasteiger partial charge in [-0.25, -0.2) is 18.0 Å². The van der Waals surface area contributed by atoms with E-state index in [1.54, 1.807) is 0 Å². The van der Waals surface area contributed by atoms with Crippen molar-refractivity contribution < 1.29 is 41.8 Å². The van der Waals surface area contributed by atoms with Gasteiger partial charge >= 0.3 is 23.8 Å². The van der Waals surface area contributed by atoms with Crippen molar-refractivity contribution in [2.75, 3.05) is 66.7 Å². The van der Waals surface area contributed by atoms with Gasteiger partial charge in [-0.2, -0.15) is 4.31 Å². The minimum absolute atomic E-state index is 0.0225. The van der Waals surface area contributed by atoms with Gasteiger partial charge in [-0.15, -0.1) is 0 Å². The zero-order chi connectivity index (χ0) is 24.2. The van der Waals surface area contributed by atoms with Gasteiger partial charge in [-0.05, 0) is 18.2 Å². The van der Waals surface area contributed by atoms with Crippen LogP contribution in [0, 0.1) is 0 Å². The summed E-state index contributed by atoms with van der Waals surface area (Å²) in [6.45, 7) is 1.33. The van der Waals surface area contributed by atoms with Crippen LogP contribution in [-0.2, 0) is 33.8 Å². The first kappa shape index (κ1) is 24.6. The summed E-state index contributed by atoms with van der Waals surface area (Å²) in [6, 6.07) is 3.42. The quantitative estimate of drug-likeness (QED) is 0.388. The average molecular weight is 483 g/mol. The van der Waals surface area contributed by atoms with Crippen molar-refractivity contribution in [1.82, 2.24) is 14.1 Å². The molecule has 2 aliphatic heterocycles. The first-order valence-corrected chi connectivity index (χ1v) is 11.6. The van der Waals surface area contributed by atoms with Crippen molar-refractivity contribution in [3.8, 4) is 0 Å². The van der Waals surface area contributed by atoms with E-state index in [0.29, 0.717) is 26.3 Å². The third-order valence-corrected chi connectivity index (χ3v) is 7.27. The number of methoxy groups -OCH3 is 2. The Bertz CT molecular complexity index is 1010. The maximum absolute atomic E-state index is 13.2. The Balaban J connectivity index is 1.75. The number of carbonyl (C=O) groups excluding carboxylic acids is 4. The van der Waals surface area contributed by atoms with Gasteiger partial charge in [0.1, 0.15) is 0 Å². The smallest absolute Gasteiger partial charge is 0.337 e. The molecule has 0 aliphatic carbocycles. The zero-order valence-corrected chi connectivity index (χ0v) is 19.1. The van der Waals surface area contributed by atoms with E-state index in [4.69, 9.17) is 4.74 Å². The zero-order valence-electron chi connectivity index (χ0n) is 18.3. The van der Waals surface area contributed by atoms with Crippen LogP contribution in [0.3, 0.4) is 0 Å². The molecule has 2 aliphatic rings. The third-order valence-electron chi connectivity index (χ3n) is 5.39. The second-order valence-corrected chi connectivity index (χ2v) is 9.27. The van der Waals surface area contributed by atoms with Crippen LogP contribution in [-0.4, -0.2) is 113 Å². The molecule has 0 N–H and O–H groups in total. The molecular formula is C20H25N3O9S. The Morgan fingerprint density at radius 1 is 0.758 bits per heavy atom. The predicted molar refractivity (Wildman–Crippen MR) is 112 cm³/mol. The van der Waals surface area contributed by atoms with E-state index in [1.165, 1.54) is 15.9 Å². The minimum Gasteiger partial charge on any atom is -0.465 e. The Hall–Kier alpha value is -3.03. The van der Waals surface area contributed by atoms with Crippen LogP contribution in [0.15, 0.2) is 23.1 Å². The molecule has 1 aromatic carbocycles. The minimum atomic E-state index is -4.11. The Morgan fingerprint density at radius 3 is 1.67 bits per heavy atom. The van der Waals surface area contributed by atoms with Crippen molar-refractivity contribution in [2.24, 2.45) is 0 Å². The van der Waals surface area contributed by atoms with Gasteiger partial charge in [0.15, 0.2) is 0 Å². The second kappa shape index (κ2) is 10.3. The highest BCUT2D eigenvalue weighted by molar-refractivity contribution is 7.89. The summed E-state index contributed by atoms with van der Waals surface area (Å²) in [4.78, 5) is 51.4. The molecule has 0 spiro atoms. The molecule has 0 radical (unpaired) electrons. The number of carbonyl (C=O) groups is 4. The Labute approximate surface area is 191 Å². The standard InChI is InChI=1S/C20H25N3O9S/c1-30-19(26)14-11-15(20(27)31-2)13-16(12-14)33(28,29)23-5-3-21(4-6-23)17(24)18(25)22-7-9-32-10-8-22/h11-13H,3-10H2,1-2H3. The van der Waals surface area contributed by atoms with Crippen LogP contribution >= 0.6 is 0 Å². The van der Waals surface area contributed by atoms with Crippen LogP contribution in [0.5, 0.6) is 0 Å². The lowest BCUT2D eigenvalue weighted by Gasteiger charge is -2.35. The van der Waals surface area contributed by atoms with E-state index >= 15 is 0 Å². The number of nitrogens with zero attached hydrogens (tertiary/aromatic N) is 3. The summed E-state index contributed by atoms with van der Waals surface area (Å²) >= 11 is 0. The highest BCUT2D eigenvalue weighted by Gasteiger charge is 2.34. The van der Waals surface area contributed by atoms with Gasteiger partial charge in [0.05, 0.1) is 43.5 Å².